The number of hydrogen-bond donors (Lipinski definition) is 4. The summed E-state index contributed by atoms with van der Waals surface area (Å²) < 4.78 is 0. The van der Waals surface area contributed by atoms with Crippen molar-refractivity contribution in [3.63, 3.8) is 0 Å². The third-order valence-electron chi connectivity index (χ3n) is 5.16. The lowest BCUT2D eigenvalue weighted by atomic mass is 9.99. The Morgan fingerprint density at radius 1 is 1.17 bits per heavy atom. The van der Waals surface area contributed by atoms with Crippen LogP contribution >= 0.6 is 24.0 Å². The van der Waals surface area contributed by atoms with E-state index in [1.807, 2.05) is 0 Å². The van der Waals surface area contributed by atoms with Crippen molar-refractivity contribution in [2.24, 2.45) is 10.9 Å². The number of carbonyl (C=O) groups excluding carboxylic acids is 1. The summed E-state index contributed by atoms with van der Waals surface area (Å²) in [5.74, 6) is 1.63. The minimum absolute atomic E-state index is 0. The van der Waals surface area contributed by atoms with Crippen LogP contribution in [-0.4, -0.2) is 67.7 Å². The molecule has 0 radical (unpaired) electrons. The van der Waals surface area contributed by atoms with Gasteiger partial charge in [0.05, 0.1) is 0 Å². The molecule has 0 spiro atoms. The summed E-state index contributed by atoms with van der Waals surface area (Å²) in [6, 6.07) is 6.36. The van der Waals surface area contributed by atoms with Crippen molar-refractivity contribution in [3.8, 4) is 5.75 Å². The highest BCUT2D eigenvalue weighted by Gasteiger charge is 2.14. The first-order valence-electron chi connectivity index (χ1n) is 10.9. The van der Waals surface area contributed by atoms with Gasteiger partial charge in [-0.3, -0.25) is 9.79 Å². The highest BCUT2D eigenvalue weighted by atomic mass is 127. The van der Waals surface area contributed by atoms with E-state index in [0.29, 0.717) is 18.7 Å². The van der Waals surface area contributed by atoms with Gasteiger partial charge in [-0.05, 0) is 76.4 Å². The summed E-state index contributed by atoms with van der Waals surface area (Å²) in [6.45, 7) is 10.9. The number of aliphatic imine (C=N–C) groups is 1. The lowest BCUT2D eigenvalue weighted by molar-refractivity contribution is 0.0953. The summed E-state index contributed by atoms with van der Waals surface area (Å²) in [5, 5.41) is 19.0. The van der Waals surface area contributed by atoms with E-state index in [9.17, 15) is 9.90 Å². The molecular formula is C22H38IN5O2. The van der Waals surface area contributed by atoms with Crippen LogP contribution in [0.15, 0.2) is 29.3 Å². The molecule has 1 saturated heterocycles. The fraction of sp³-hybridized carbons (Fsp3) is 0.636. The zero-order valence-electron chi connectivity index (χ0n) is 18.3. The van der Waals surface area contributed by atoms with Crippen LogP contribution in [0.25, 0.3) is 0 Å². The standard InChI is InChI=1S/C22H37N5O2.HI/c1-3-23-22(26-13-6-14-27-15-9-18(2)10-16-27)25-12-5-11-24-21(29)19-7-4-8-20(28)17-19;/h4,7-8,17-18,28H,3,5-6,9-16H2,1-2H3,(H,24,29)(H2,23,25,26);1H. The number of benzene rings is 1. The highest BCUT2D eigenvalue weighted by Crippen LogP contribution is 2.15. The predicted molar refractivity (Wildman–Crippen MR) is 134 cm³/mol. The van der Waals surface area contributed by atoms with Crippen LogP contribution in [-0.2, 0) is 0 Å². The van der Waals surface area contributed by atoms with Gasteiger partial charge in [-0.1, -0.05) is 13.0 Å². The van der Waals surface area contributed by atoms with Crippen LogP contribution in [0.4, 0.5) is 0 Å². The van der Waals surface area contributed by atoms with Gasteiger partial charge in [0.2, 0.25) is 0 Å². The molecule has 1 aliphatic rings. The molecule has 2 rings (SSSR count). The molecule has 1 aromatic rings. The third kappa shape index (κ3) is 10.5. The average molecular weight is 531 g/mol. The molecule has 0 aromatic heterocycles. The van der Waals surface area contributed by atoms with E-state index in [2.05, 4.69) is 39.7 Å². The second-order valence-electron chi connectivity index (χ2n) is 7.72. The molecule has 1 aliphatic heterocycles. The van der Waals surface area contributed by atoms with Crippen LogP contribution in [0.5, 0.6) is 5.75 Å². The third-order valence-corrected chi connectivity index (χ3v) is 5.16. The summed E-state index contributed by atoms with van der Waals surface area (Å²) in [5.41, 5.74) is 0.465. The Hall–Kier alpha value is -1.55. The van der Waals surface area contributed by atoms with Gasteiger partial charge in [0.25, 0.3) is 5.91 Å². The number of aromatic hydroxyl groups is 1. The van der Waals surface area contributed by atoms with E-state index in [1.54, 1.807) is 18.2 Å². The number of nitrogens with zero attached hydrogens (tertiary/aromatic N) is 2. The molecule has 170 valence electrons. The first-order valence-corrected chi connectivity index (χ1v) is 10.9. The molecule has 0 atom stereocenters. The van der Waals surface area contributed by atoms with E-state index < -0.39 is 0 Å². The number of likely N-dealkylation sites (tertiary alicyclic amines) is 1. The summed E-state index contributed by atoms with van der Waals surface area (Å²) in [6.07, 6.45) is 4.50. The van der Waals surface area contributed by atoms with E-state index in [1.165, 1.54) is 32.0 Å². The molecule has 0 bridgehead atoms. The molecule has 0 unspecified atom stereocenters. The van der Waals surface area contributed by atoms with Gasteiger partial charge in [-0.2, -0.15) is 0 Å². The van der Waals surface area contributed by atoms with E-state index in [0.717, 1.165) is 44.4 Å². The molecule has 30 heavy (non-hydrogen) atoms. The monoisotopic (exact) mass is 531 g/mol. The molecule has 1 fully saturated rings. The number of carbonyl (C=O) groups is 1. The van der Waals surface area contributed by atoms with Crippen LogP contribution in [0.1, 0.15) is 49.9 Å². The van der Waals surface area contributed by atoms with Gasteiger partial charge in [0.15, 0.2) is 5.96 Å². The quantitative estimate of drug-likeness (QED) is 0.162. The topological polar surface area (TPSA) is 89.0 Å². The predicted octanol–water partition coefficient (Wildman–Crippen LogP) is 2.81. The molecule has 0 saturated carbocycles. The Morgan fingerprint density at radius 2 is 1.90 bits per heavy atom. The molecule has 1 heterocycles. The Kier molecular flexibility index (Phi) is 13.5. The summed E-state index contributed by atoms with van der Waals surface area (Å²) in [7, 11) is 0. The molecule has 1 amide bonds. The van der Waals surface area contributed by atoms with Gasteiger partial charge in [0.1, 0.15) is 5.75 Å². The molecule has 1 aromatic carbocycles. The molecular weight excluding hydrogens is 493 g/mol. The first-order chi connectivity index (χ1) is 14.1. The number of amides is 1. The number of rotatable bonds is 10. The zero-order valence-corrected chi connectivity index (χ0v) is 20.7. The number of hydrogen-bond acceptors (Lipinski definition) is 4. The Balaban J connectivity index is 0.00000450. The second kappa shape index (κ2) is 15.3. The zero-order chi connectivity index (χ0) is 20.9. The number of guanidine groups is 1. The minimum Gasteiger partial charge on any atom is -0.508 e. The highest BCUT2D eigenvalue weighted by molar-refractivity contribution is 14.0. The molecule has 7 nitrogen and oxygen atoms in total. The summed E-state index contributed by atoms with van der Waals surface area (Å²) in [4.78, 5) is 19.2. The molecule has 8 heteroatoms. The van der Waals surface area contributed by atoms with Gasteiger partial charge in [-0.25, -0.2) is 0 Å². The molecule has 4 N–H and O–H groups in total. The van der Waals surface area contributed by atoms with E-state index in [4.69, 9.17) is 0 Å². The van der Waals surface area contributed by atoms with Crippen molar-refractivity contribution >= 4 is 35.8 Å². The smallest absolute Gasteiger partial charge is 0.251 e. The van der Waals surface area contributed by atoms with Crippen molar-refractivity contribution < 1.29 is 9.90 Å². The van der Waals surface area contributed by atoms with Crippen molar-refractivity contribution in [2.45, 2.75) is 39.5 Å². The van der Waals surface area contributed by atoms with E-state index >= 15 is 0 Å². The van der Waals surface area contributed by atoms with Crippen LogP contribution in [0, 0.1) is 5.92 Å². The van der Waals surface area contributed by atoms with Crippen LogP contribution in [0.2, 0.25) is 0 Å². The Morgan fingerprint density at radius 3 is 2.60 bits per heavy atom. The van der Waals surface area contributed by atoms with Gasteiger partial charge in [-0.15, -0.1) is 24.0 Å². The van der Waals surface area contributed by atoms with Gasteiger partial charge < -0.3 is 26.0 Å². The van der Waals surface area contributed by atoms with Crippen molar-refractivity contribution in [2.75, 3.05) is 45.8 Å². The number of halogens is 1. The largest absolute Gasteiger partial charge is 0.508 e. The van der Waals surface area contributed by atoms with Crippen molar-refractivity contribution in [1.29, 1.82) is 0 Å². The number of phenols is 1. The van der Waals surface area contributed by atoms with Crippen LogP contribution < -0.4 is 16.0 Å². The SMILES string of the molecule is CCNC(=NCCCNC(=O)c1cccc(O)c1)NCCCN1CCC(C)CC1.I. The second-order valence-corrected chi connectivity index (χ2v) is 7.72. The number of nitrogens with one attached hydrogen (secondary N) is 3. The lowest BCUT2D eigenvalue weighted by Gasteiger charge is -2.30. The maximum absolute atomic E-state index is 12.0. The number of piperidine rings is 1. The van der Waals surface area contributed by atoms with Crippen molar-refractivity contribution in [1.82, 2.24) is 20.9 Å². The normalized spacial score (nSPS) is 15.3. The van der Waals surface area contributed by atoms with E-state index in [-0.39, 0.29) is 35.6 Å². The van der Waals surface area contributed by atoms with Gasteiger partial charge in [0, 0.05) is 31.7 Å². The van der Waals surface area contributed by atoms with Gasteiger partial charge >= 0.3 is 0 Å². The minimum atomic E-state index is -0.179. The average Bonchev–Trinajstić information content (AvgIpc) is 2.72. The van der Waals surface area contributed by atoms with Crippen molar-refractivity contribution in [3.05, 3.63) is 29.8 Å². The molecule has 0 aliphatic carbocycles. The number of phenolic OH excluding ortho intramolecular Hbond substituents is 1. The summed E-state index contributed by atoms with van der Waals surface area (Å²) >= 11 is 0. The maximum atomic E-state index is 12.0. The fourth-order valence-electron chi connectivity index (χ4n) is 3.36. The lowest BCUT2D eigenvalue weighted by Crippen LogP contribution is -2.40. The first kappa shape index (κ1) is 26.5. The van der Waals surface area contributed by atoms with Crippen LogP contribution in [0.3, 0.4) is 0 Å². The fourth-order valence-corrected chi connectivity index (χ4v) is 3.36. The Labute approximate surface area is 198 Å². The maximum Gasteiger partial charge on any atom is 0.251 e. The Bertz CT molecular complexity index is 648.